The molecule has 1 N–H and O–H groups in total. The minimum atomic E-state index is -0.183. The van der Waals surface area contributed by atoms with Gasteiger partial charge in [0.25, 0.3) is 0 Å². The normalized spacial score (nSPS) is 14.0. The topological polar surface area (TPSA) is 29.9 Å². The van der Waals surface area contributed by atoms with Crippen LogP contribution >= 0.6 is 0 Å². The third-order valence-electron chi connectivity index (χ3n) is 3.62. The van der Waals surface area contributed by atoms with Crippen LogP contribution in [0.4, 0.5) is 4.39 Å². The molecule has 0 fully saturated rings. The number of hydrogen-bond acceptors (Lipinski definition) is 2. The number of unbranched alkanes of at least 4 members (excludes halogenated alkanes) is 1. The molecule has 0 saturated heterocycles. The van der Waals surface area contributed by atoms with Gasteiger partial charge in [-0.1, -0.05) is 31.9 Å². The lowest BCUT2D eigenvalue weighted by atomic mass is 10.00. The molecule has 114 valence electrons. The molecule has 0 aliphatic rings. The van der Waals surface area contributed by atoms with Crippen molar-refractivity contribution in [1.29, 1.82) is 0 Å². The van der Waals surface area contributed by atoms with Gasteiger partial charge in [-0.15, -0.1) is 0 Å². The Morgan fingerprint density at radius 1 is 1.29 bits per heavy atom. The van der Waals surface area contributed by atoms with E-state index in [1.807, 2.05) is 29.1 Å². The van der Waals surface area contributed by atoms with Crippen molar-refractivity contribution >= 4 is 0 Å². The van der Waals surface area contributed by atoms with Gasteiger partial charge in [0.15, 0.2) is 0 Å². The van der Waals surface area contributed by atoms with E-state index in [2.05, 4.69) is 24.3 Å². The highest BCUT2D eigenvalue weighted by Crippen LogP contribution is 2.20. The molecular formula is C17H24FN3. The Balaban J connectivity index is 1.99. The zero-order chi connectivity index (χ0) is 15.1. The molecule has 0 aliphatic carbocycles. The van der Waals surface area contributed by atoms with E-state index < -0.39 is 0 Å². The number of rotatable bonds is 8. The largest absolute Gasteiger partial charge is 0.306 e. The van der Waals surface area contributed by atoms with Gasteiger partial charge in [0.05, 0.1) is 6.54 Å². The summed E-state index contributed by atoms with van der Waals surface area (Å²) in [6.45, 7) is 5.18. The van der Waals surface area contributed by atoms with E-state index in [0.29, 0.717) is 6.04 Å². The molecule has 2 atom stereocenters. The van der Waals surface area contributed by atoms with Crippen molar-refractivity contribution in [2.45, 2.75) is 51.7 Å². The Morgan fingerprint density at radius 3 is 2.67 bits per heavy atom. The maximum atomic E-state index is 13.1. The third-order valence-corrected chi connectivity index (χ3v) is 3.62. The molecule has 4 heteroatoms. The molecule has 3 nitrogen and oxygen atoms in total. The average Bonchev–Trinajstić information content (AvgIpc) is 2.97. The molecule has 0 aliphatic heterocycles. The van der Waals surface area contributed by atoms with Gasteiger partial charge in [0.1, 0.15) is 5.82 Å². The van der Waals surface area contributed by atoms with Crippen LogP contribution in [-0.4, -0.2) is 15.8 Å². The number of nitrogens with one attached hydrogen (secondary N) is 1. The number of nitrogens with zero attached hydrogens (tertiary/aromatic N) is 2. The van der Waals surface area contributed by atoms with Crippen molar-refractivity contribution in [1.82, 2.24) is 15.1 Å². The van der Waals surface area contributed by atoms with E-state index in [4.69, 9.17) is 0 Å². The van der Waals surface area contributed by atoms with Crippen LogP contribution in [0.3, 0.4) is 0 Å². The summed E-state index contributed by atoms with van der Waals surface area (Å²) >= 11 is 0. The highest BCUT2D eigenvalue weighted by Gasteiger charge is 2.14. The van der Waals surface area contributed by atoms with Crippen LogP contribution < -0.4 is 5.32 Å². The van der Waals surface area contributed by atoms with Crippen LogP contribution in [0.15, 0.2) is 42.7 Å². The van der Waals surface area contributed by atoms with Gasteiger partial charge < -0.3 is 5.32 Å². The maximum Gasteiger partial charge on any atom is 0.123 e. The molecule has 2 rings (SSSR count). The fraction of sp³-hybridized carbons (Fsp3) is 0.471. The minimum Gasteiger partial charge on any atom is -0.306 e. The Labute approximate surface area is 126 Å². The summed E-state index contributed by atoms with van der Waals surface area (Å²) in [5.74, 6) is -0.183. The van der Waals surface area contributed by atoms with Gasteiger partial charge in [-0.25, -0.2) is 4.39 Å². The molecule has 1 heterocycles. The molecule has 2 aromatic rings. The monoisotopic (exact) mass is 289 g/mol. The van der Waals surface area contributed by atoms with Gasteiger partial charge in [-0.05, 0) is 37.1 Å². The second-order valence-corrected chi connectivity index (χ2v) is 5.54. The van der Waals surface area contributed by atoms with E-state index in [0.717, 1.165) is 31.4 Å². The van der Waals surface area contributed by atoms with Crippen LogP contribution in [0.1, 0.15) is 44.7 Å². The van der Waals surface area contributed by atoms with Crippen LogP contribution in [0.2, 0.25) is 0 Å². The lowest BCUT2D eigenvalue weighted by Crippen LogP contribution is -2.34. The van der Waals surface area contributed by atoms with Crippen LogP contribution in [0.25, 0.3) is 0 Å². The first-order valence-electron chi connectivity index (χ1n) is 7.68. The second kappa shape index (κ2) is 7.93. The third kappa shape index (κ3) is 4.97. The summed E-state index contributed by atoms with van der Waals surface area (Å²) in [5, 5.41) is 7.88. The Kier molecular flexibility index (Phi) is 5.93. The fourth-order valence-electron chi connectivity index (χ4n) is 2.53. The van der Waals surface area contributed by atoms with E-state index >= 15 is 0 Å². The SMILES string of the molecule is CCCCC(NC(C)Cn1cccn1)c1ccc(F)cc1. The Morgan fingerprint density at radius 2 is 2.05 bits per heavy atom. The maximum absolute atomic E-state index is 13.1. The van der Waals surface area contributed by atoms with E-state index in [-0.39, 0.29) is 11.9 Å². The van der Waals surface area contributed by atoms with E-state index in [9.17, 15) is 4.39 Å². The molecular weight excluding hydrogens is 265 g/mol. The van der Waals surface area contributed by atoms with Gasteiger partial charge in [-0.2, -0.15) is 5.10 Å². The number of hydrogen-bond donors (Lipinski definition) is 1. The highest BCUT2D eigenvalue weighted by molar-refractivity contribution is 5.20. The van der Waals surface area contributed by atoms with E-state index in [1.165, 1.54) is 12.1 Å². The predicted molar refractivity (Wildman–Crippen MR) is 83.5 cm³/mol. The van der Waals surface area contributed by atoms with Crippen molar-refractivity contribution in [2.24, 2.45) is 0 Å². The lowest BCUT2D eigenvalue weighted by molar-refractivity contribution is 0.380. The number of halogens is 1. The Hall–Kier alpha value is -1.68. The van der Waals surface area contributed by atoms with Crippen molar-refractivity contribution in [3.63, 3.8) is 0 Å². The smallest absolute Gasteiger partial charge is 0.123 e. The quantitative estimate of drug-likeness (QED) is 0.798. The highest BCUT2D eigenvalue weighted by atomic mass is 19.1. The van der Waals surface area contributed by atoms with Gasteiger partial charge in [0, 0.05) is 24.5 Å². The average molecular weight is 289 g/mol. The standard InChI is InChI=1S/C17H24FN3/c1-3-4-6-17(15-7-9-16(18)10-8-15)20-14(2)13-21-12-5-11-19-21/h5,7-12,14,17,20H,3-4,6,13H2,1-2H3. The molecule has 0 bridgehead atoms. The zero-order valence-electron chi connectivity index (χ0n) is 12.8. The molecule has 21 heavy (non-hydrogen) atoms. The van der Waals surface area contributed by atoms with Crippen LogP contribution in [-0.2, 0) is 6.54 Å². The van der Waals surface area contributed by atoms with Gasteiger partial charge in [0.2, 0.25) is 0 Å². The second-order valence-electron chi connectivity index (χ2n) is 5.54. The van der Waals surface area contributed by atoms with Crippen molar-refractivity contribution in [3.05, 3.63) is 54.1 Å². The Bertz CT molecular complexity index is 507. The van der Waals surface area contributed by atoms with Gasteiger partial charge >= 0.3 is 0 Å². The first kappa shape index (κ1) is 15.7. The summed E-state index contributed by atoms with van der Waals surface area (Å²) in [5.41, 5.74) is 1.15. The molecule has 0 radical (unpaired) electrons. The minimum absolute atomic E-state index is 0.183. The fourth-order valence-corrected chi connectivity index (χ4v) is 2.53. The van der Waals surface area contributed by atoms with Crippen LogP contribution in [0, 0.1) is 5.82 Å². The van der Waals surface area contributed by atoms with E-state index in [1.54, 1.807) is 6.20 Å². The predicted octanol–water partition coefficient (Wildman–Crippen LogP) is 3.93. The zero-order valence-corrected chi connectivity index (χ0v) is 12.8. The van der Waals surface area contributed by atoms with Crippen molar-refractivity contribution in [3.8, 4) is 0 Å². The summed E-state index contributed by atoms with van der Waals surface area (Å²) in [6, 6.07) is 9.32. The summed E-state index contributed by atoms with van der Waals surface area (Å²) < 4.78 is 15.0. The first-order chi connectivity index (χ1) is 10.2. The van der Waals surface area contributed by atoms with Crippen molar-refractivity contribution < 1.29 is 4.39 Å². The molecule has 0 saturated carbocycles. The molecule has 0 amide bonds. The number of benzene rings is 1. The lowest BCUT2D eigenvalue weighted by Gasteiger charge is -2.24. The summed E-state index contributed by atoms with van der Waals surface area (Å²) in [4.78, 5) is 0. The molecule has 1 aromatic carbocycles. The number of aromatic nitrogens is 2. The van der Waals surface area contributed by atoms with Gasteiger partial charge in [-0.3, -0.25) is 4.68 Å². The first-order valence-corrected chi connectivity index (χ1v) is 7.68. The van der Waals surface area contributed by atoms with Crippen molar-refractivity contribution in [2.75, 3.05) is 0 Å². The molecule has 0 spiro atoms. The summed E-state index contributed by atoms with van der Waals surface area (Å²) in [6.07, 6.45) is 7.14. The summed E-state index contributed by atoms with van der Waals surface area (Å²) in [7, 11) is 0. The molecule has 2 unspecified atom stereocenters. The molecule has 1 aromatic heterocycles. The van der Waals surface area contributed by atoms with Crippen LogP contribution in [0.5, 0.6) is 0 Å².